The summed E-state index contributed by atoms with van der Waals surface area (Å²) in [5.41, 5.74) is -0.570. The Morgan fingerprint density at radius 3 is 2.57 bits per heavy atom. The highest BCUT2D eigenvalue weighted by Gasteiger charge is 2.36. The molecule has 0 radical (unpaired) electrons. The minimum absolute atomic E-state index is 0.00776. The van der Waals surface area contributed by atoms with E-state index >= 15 is 0 Å². The van der Waals surface area contributed by atoms with Crippen molar-refractivity contribution >= 4 is 8.07 Å². The molecule has 0 saturated carbocycles. The average Bonchev–Trinajstić information content (AvgIpc) is 2.88. The first-order chi connectivity index (χ1) is 10.7. The van der Waals surface area contributed by atoms with Crippen molar-refractivity contribution in [3.63, 3.8) is 0 Å². The van der Waals surface area contributed by atoms with Gasteiger partial charge >= 0.3 is 6.18 Å². The van der Waals surface area contributed by atoms with Gasteiger partial charge in [-0.25, -0.2) is 4.68 Å². The average molecular weight is 343 g/mol. The molecule has 2 aromatic rings. The zero-order valence-electron chi connectivity index (χ0n) is 13.4. The normalized spacial score (nSPS) is 12.6. The summed E-state index contributed by atoms with van der Waals surface area (Å²) in [4.78, 5) is 3.85. The Hall–Kier alpha value is -1.67. The van der Waals surface area contributed by atoms with Crippen LogP contribution in [0.1, 0.15) is 5.56 Å². The van der Waals surface area contributed by atoms with Gasteiger partial charge in [-0.3, -0.25) is 4.98 Å². The lowest BCUT2D eigenvalue weighted by Crippen LogP contribution is -2.22. The molecule has 0 saturated heterocycles. The fourth-order valence-electron chi connectivity index (χ4n) is 1.95. The van der Waals surface area contributed by atoms with Crippen molar-refractivity contribution in [3.05, 3.63) is 36.3 Å². The predicted octanol–water partition coefficient (Wildman–Crippen LogP) is 4.28. The quantitative estimate of drug-likeness (QED) is 0.581. The SMILES string of the molecule is C[Si](C)(C)CCOCn1cc(C(F)(F)F)c(-c2cccnc2)n1. The van der Waals surface area contributed by atoms with Crippen LogP contribution in [0.15, 0.2) is 30.7 Å². The van der Waals surface area contributed by atoms with E-state index in [2.05, 4.69) is 29.7 Å². The maximum absolute atomic E-state index is 13.2. The third kappa shape index (κ3) is 5.17. The molecule has 4 nitrogen and oxygen atoms in total. The van der Waals surface area contributed by atoms with Gasteiger partial charge in [-0.1, -0.05) is 19.6 Å². The van der Waals surface area contributed by atoms with Gasteiger partial charge in [0.15, 0.2) is 0 Å². The molecule has 2 heterocycles. The largest absolute Gasteiger partial charge is 0.420 e. The molecular weight excluding hydrogens is 323 g/mol. The zero-order valence-corrected chi connectivity index (χ0v) is 14.4. The summed E-state index contributed by atoms with van der Waals surface area (Å²) in [6.45, 7) is 7.18. The summed E-state index contributed by atoms with van der Waals surface area (Å²) in [5, 5.41) is 4.02. The topological polar surface area (TPSA) is 39.9 Å². The zero-order chi connectivity index (χ0) is 17.1. The Bertz CT molecular complexity index is 636. The molecule has 0 N–H and O–H groups in total. The number of aromatic nitrogens is 3. The minimum Gasteiger partial charge on any atom is -0.360 e. The van der Waals surface area contributed by atoms with E-state index < -0.39 is 19.8 Å². The number of halogens is 3. The Morgan fingerprint density at radius 2 is 2.00 bits per heavy atom. The molecule has 0 fully saturated rings. The molecule has 0 aliphatic heterocycles. The maximum atomic E-state index is 13.2. The van der Waals surface area contributed by atoms with Crippen LogP contribution in [-0.4, -0.2) is 29.4 Å². The van der Waals surface area contributed by atoms with Gasteiger partial charge in [0.05, 0.1) is 0 Å². The molecule has 23 heavy (non-hydrogen) atoms. The molecule has 0 aliphatic carbocycles. The number of hydrogen-bond acceptors (Lipinski definition) is 3. The predicted molar refractivity (Wildman–Crippen MR) is 84.6 cm³/mol. The van der Waals surface area contributed by atoms with Crippen molar-refractivity contribution in [2.24, 2.45) is 0 Å². The number of nitrogens with zero attached hydrogens (tertiary/aromatic N) is 3. The van der Waals surface area contributed by atoms with Crippen LogP contribution < -0.4 is 0 Å². The first-order valence-corrected chi connectivity index (χ1v) is 11.0. The van der Waals surface area contributed by atoms with E-state index in [4.69, 9.17) is 4.74 Å². The van der Waals surface area contributed by atoms with E-state index in [1.165, 1.54) is 17.1 Å². The Kier molecular flexibility index (Phi) is 5.25. The standard InChI is InChI=1S/C15H20F3N3OSi/c1-23(2,3)8-7-22-11-21-10-13(15(16,17)18)14(20-21)12-5-4-6-19-9-12/h4-6,9-10H,7-8,11H2,1-3H3. The van der Waals surface area contributed by atoms with E-state index in [1.54, 1.807) is 12.1 Å². The number of hydrogen-bond donors (Lipinski definition) is 0. The maximum Gasteiger partial charge on any atom is 0.420 e. The third-order valence-electron chi connectivity index (χ3n) is 3.22. The molecule has 0 atom stereocenters. The van der Waals surface area contributed by atoms with Crippen molar-refractivity contribution in [2.75, 3.05) is 6.61 Å². The van der Waals surface area contributed by atoms with Gasteiger partial charge in [0, 0.05) is 38.8 Å². The van der Waals surface area contributed by atoms with Crippen LogP contribution in [0.4, 0.5) is 13.2 Å². The van der Waals surface area contributed by atoms with Crippen molar-refractivity contribution in [3.8, 4) is 11.3 Å². The highest BCUT2D eigenvalue weighted by Crippen LogP contribution is 2.36. The second-order valence-corrected chi connectivity index (χ2v) is 12.1. The van der Waals surface area contributed by atoms with Crippen LogP contribution in [0.5, 0.6) is 0 Å². The highest BCUT2D eigenvalue weighted by atomic mass is 28.3. The second kappa shape index (κ2) is 6.84. The van der Waals surface area contributed by atoms with Crippen molar-refractivity contribution in [1.82, 2.24) is 14.8 Å². The second-order valence-electron chi connectivity index (χ2n) is 6.52. The lowest BCUT2D eigenvalue weighted by Gasteiger charge is -2.15. The molecule has 0 aromatic carbocycles. The Morgan fingerprint density at radius 1 is 1.26 bits per heavy atom. The Balaban J connectivity index is 2.15. The molecule has 8 heteroatoms. The number of rotatable bonds is 6. The highest BCUT2D eigenvalue weighted by molar-refractivity contribution is 6.76. The van der Waals surface area contributed by atoms with Gasteiger partial charge < -0.3 is 4.74 Å². The van der Waals surface area contributed by atoms with Gasteiger partial charge in [0.1, 0.15) is 18.0 Å². The van der Waals surface area contributed by atoms with Gasteiger partial charge in [0.2, 0.25) is 0 Å². The monoisotopic (exact) mass is 343 g/mol. The first kappa shape index (κ1) is 17.7. The summed E-state index contributed by atoms with van der Waals surface area (Å²) >= 11 is 0. The molecule has 0 spiro atoms. The van der Waals surface area contributed by atoms with Crippen molar-refractivity contribution in [2.45, 2.75) is 38.6 Å². The van der Waals surface area contributed by atoms with Crippen molar-refractivity contribution in [1.29, 1.82) is 0 Å². The smallest absolute Gasteiger partial charge is 0.360 e. The van der Waals surface area contributed by atoms with E-state index in [0.29, 0.717) is 12.2 Å². The molecule has 0 bridgehead atoms. The molecule has 2 rings (SSSR count). The molecule has 0 aliphatic rings. The van der Waals surface area contributed by atoms with Crippen LogP contribution in [0.25, 0.3) is 11.3 Å². The summed E-state index contributed by atoms with van der Waals surface area (Å²) < 4.78 is 46.2. The van der Waals surface area contributed by atoms with E-state index in [9.17, 15) is 13.2 Å². The van der Waals surface area contributed by atoms with Gasteiger partial charge in [-0.2, -0.15) is 18.3 Å². The van der Waals surface area contributed by atoms with E-state index in [0.717, 1.165) is 12.2 Å². The van der Waals surface area contributed by atoms with Gasteiger partial charge in [0.25, 0.3) is 0 Å². The summed E-state index contributed by atoms with van der Waals surface area (Å²) in [6, 6.07) is 4.09. The van der Waals surface area contributed by atoms with Crippen LogP contribution in [0, 0.1) is 0 Å². The molecule has 0 unspecified atom stereocenters. The third-order valence-corrected chi connectivity index (χ3v) is 4.93. The first-order valence-electron chi connectivity index (χ1n) is 7.29. The summed E-state index contributed by atoms with van der Waals surface area (Å²) in [5.74, 6) is 0. The molecule has 126 valence electrons. The fraction of sp³-hybridized carbons (Fsp3) is 0.467. The minimum atomic E-state index is -4.47. The van der Waals surface area contributed by atoms with E-state index in [1.807, 2.05) is 0 Å². The lowest BCUT2D eigenvalue weighted by molar-refractivity contribution is -0.137. The Labute approximate surface area is 134 Å². The molecule has 2 aromatic heterocycles. The van der Waals surface area contributed by atoms with Gasteiger partial charge in [-0.05, 0) is 18.2 Å². The molecular formula is C15H20F3N3OSi. The number of ether oxygens (including phenoxy) is 1. The lowest BCUT2D eigenvalue weighted by atomic mass is 10.1. The van der Waals surface area contributed by atoms with Crippen LogP contribution in [-0.2, 0) is 17.6 Å². The van der Waals surface area contributed by atoms with Crippen LogP contribution >= 0.6 is 0 Å². The van der Waals surface area contributed by atoms with Crippen LogP contribution in [0.2, 0.25) is 25.7 Å². The van der Waals surface area contributed by atoms with E-state index in [-0.39, 0.29) is 12.4 Å². The van der Waals surface area contributed by atoms with Crippen molar-refractivity contribution < 1.29 is 17.9 Å². The summed E-state index contributed by atoms with van der Waals surface area (Å²) in [7, 11) is -1.23. The number of pyridine rings is 1. The molecule has 0 amide bonds. The number of alkyl halides is 3. The fourth-order valence-corrected chi connectivity index (χ4v) is 2.70. The van der Waals surface area contributed by atoms with Gasteiger partial charge in [-0.15, -0.1) is 0 Å². The summed E-state index contributed by atoms with van der Waals surface area (Å²) in [6.07, 6.45) is -0.611. The van der Waals surface area contributed by atoms with Crippen LogP contribution in [0.3, 0.4) is 0 Å².